The van der Waals surface area contributed by atoms with Gasteiger partial charge in [-0.2, -0.15) is 0 Å². The van der Waals surface area contributed by atoms with Crippen LogP contribution in [0.5, 0.6) is 0 Å². The first-order valence-electron chi connectivity index (χ1n) is 8.15. The van der Waals surface area contributed by atoms with Crippen LogP contribution in [0.3, 0.4) is 0 Å². The van der Waals surface area contributed by atoms with E-state index in [1.165, 1.54) is 45.3 Å². The molecule has 4 heteroatoms. The van der Waals surface area contributed by atoms with Crippen molar-refractivity contribution in [3.63, 3.8) is 0 Å². The van der Waals surface area contributed by atoms with Crippen LogP contribution in [-0.4, -0.2) is 48.9 Å². The molecule has 114 valence electrons. The highest BCUT2D eigenvalue weighted by Gasteiger charge is 2.24. The summed E-state index contributed by atoms with van der Waals surface area (Å²) in [6.07, 6.45) is 7.83. The number of pyridine rings is 1. The Morgan fingerprint density at radius 1 is 1.24 bits per heavy atom. The normalized spacial score (nSPS) is 20.9. The summed E-state index contributed by atoms with van der Waals surface area (Å²) in [5.74, 6) is 1.90. The summed E-state index contributed by atoms with van der Waals surface area (Å²) in [6.45, 7) is 8.11. The van der Waals surface area contributed by atoms with Gasteiger partial charge in [0.25, 0.3) is 0 Å². The van der Waals surface area contributed by atoms with Gasteiger partial charge in [-0.15, -0.1) is 0 Å². The number of aromatic nitrogens is 1. The molecule has 2 aliphatic rings. The average Bonchev–Trinajstić information content (AvgIpc) is 3.01. The third-order valence-corrected chi connectivity index (χ3v) is 4.84. The first kappa shape index (κ1) is 14.5. The van der Waals surface area contributed by atoms with Crippen LogP contribution in [0.1, 0.15) is 41.6 Å². The number of hydrogen-bond acceptors (Lipinski definition) is 4. The van der Waals surface area contributed by atoms with E-state index in [-0.39, 0.29) is 0 Å². The Labute approximate surface area is 127 Å². The van der Waals surface area contributed by atoms with E-state index in [4.69, 9.17) is 0 Å². The third kappa shape index (κ3) is 3.43. The van der Waals surface area contributed by atoms with Crippen molar-refractivity contribution in [2.24, 2.45) is 5.92 Å². The maximum atomic E-state index is 10.8. The minimum absolute atomic E-state index is 0.667. The van der Waals surface area contributed by atoms with E-state index in [1.54, 1.807) is 6.20 Å². The molecule has 0 N–H and O–H groups in total. The van der Waals surface area contributed by atoms with Crippen LogP contribution in [0.25, 0.3) is 0 Å². The third-order valence-electron chi connectivity index (χ3n) is 4.84. The number of rotatable bonds is 4. The van der Waals surface area contributed by atoms with E-state index in [1.807, 2.05) is 13.0 Å². The zero-order valence-electron chi connectivity index (χ0n) is 12.9. The molecule has 0 unspecified atom stereocenters. The van der Waals surface area contributed by atoms with Crippen molar-refractivity contribution in [1.82, 2.24) is 9.88 Å². The van der Waals surface area contributed by atoms with Crippen molar-refractivity contribution in [3.05, 3.63) is 23.4 Å². The van der Waals surface area contributed by atoms with Crippen molar-refractivity contribution in [3.8, 4) is 0 Å². The molecule has 0 spiro atoms. The zero-order chi connectivity index (χ0) is 14.7. The molecule has 2 aliphatic heterocycles. The van der Waals surface area contributed by atoms with Gasteiger partial charge in [0.05, 0.1) is 0 Å². The smallest absolute Gasteiger partial charge is 0.151 e. The summed E-state index contributed by atoms with van der Waals surface area (Å²) >= 11 is 0. The fourth-order valence-corrected chi connectivity index (χ4v) is 3.64. The monoisotopic (exact) mass is 287 g/mol. The maximum absolute atomic E-state index is 10.8. The van der Waals surface area contributed by atoms with E-state index >= 15 is 0 Å². The largest absolute Gasteiger partial charge is 0.356 e. The van der Waals surface area contributed by atoms with E-state index in [9.17, 15) is 4.79 Å². The number of carbonyl (C=O) groups is 1. The first-order valence-corrected chi connectivity index (χ1v) is 8.15. The Hall–Kier alpha value is -1.42. The van der Waals surface area contributed by atoms with Crippen molar-refractivity contribution >= 4 is 12.1 Å². The Morgan fingerprint density at radius 2 is 1.95 bits per heavy atom. The molecule has 0 bridgehead atoms. The highest BCUT2D eigenvalue weighted by Crippen LogP contribution is 2.25. The number of carbonyl (C=O) groups excluding carboxylic acids is 1. The molecule has 1 aromatic rings. The van der Waals surface area contributed by atoms with Crippen LogP contribution in [0, 0.1) is 12.8 Å². The number of aryl methyl sites for hydroxylation is 1. The molecular formula is C17H25N3O. The molecule has 0 radical (unpaired) electrons. The molecule has 21 heavy (non-hydrogen) atoms. The highest BCUT2D eigenvalue weighted by molar-refractivity contribution is 5.75. The fourth-order valence-electron chi connectivity index (χ4n) is 3.64. The van der Waals surface area contributed by atoms with Crippen LogP contribution in [-0.2, 0) is 0 Å². The number of likely N-dealkylation sites (tertiary alicyclic amines) is 1. The number of piperidine rings is 1. The minimum atomic E-state index is 0.667. The molecule has 0 saturated carbocycles. The quantitative estimate of drug-likeness (QED) is 0.797. The van der Waals surface area contributed by atoms with Gasteiger partial charge in [0.2, 0.25) is 0 Å². The summed E-state index contributed by atoms with van der Waals surface area (Å²) in [5, 5.41) is 0. The predicted octanol–water partition coefficient (Wildman–Crippen LogP) is 2.51. The zero-order valence-corrected chi connectivity index (χ0v) is 12.9. The number of nitrogens with zero attached hydrogens (tertiary/aromatic N) is 3. The lowest BCUT2D eigenvalue weighted by atomic mass is 9.96. The van der Waals surface area contributed by atoms with Crippen molar-refractivity contribution in [1.29, 1.82) is 0 Å². The van der Waals surface area contributed by atoms with Crippen LogP contribution in [0.15, 0.2) is 12.3 Å². The molecule has 4 nitrogen and oxygen atoms in total. The Morgan fingerprint density at radius 3 is 2.57 bits per heavy atom. The molecule has 0 aromatic carbocycles. The lowest BCUT2D eigenvalue weighted by Crippen LogP contribution is -2.38. The number of aldehydes is 1. The van der Waals surface area contributed by atoms with Gasteiger partial charge in [0.1, 0.15) is 5.82 Å². The van der Waals surface area contributed by atoms with Gasteiger partial charge in [-0.25, -0.2) is 4.98 Å². The van der Waals surface area contributed by atoms with Gasteiger partial charge < -0.3 is 9.80 Å². The number of hydrogen-bond donors (Lipinski definition) is 0. The van der Waals surface area contributed by atoms with Crippen LogP contribution in [0.4, 0.5) is 5.82 Å². The SMILES string of the molecule is Cc1cc(C=O)cnc1N1CCC(CN2CCCC2)CC1. The van der Waals surface area contributed by atoms with E-state index in [0.717, 1.165) is 36.7 Å². The fraction of sp³-hybridized carbons (Fsp3) is 0.647. The second-order valence-corrected chi connectivity index (χ2v) is 6.47. The Balaban J connectivity index is 1.56. The molecule has 2 fully saturated rings. The molecule has 1 aromatic heterocycles. The maximum Gasteiger partial charge on any atom is 0.151 e. The molecule has 0 aliphatic carbocycles. The molecule has 0 atom stereocenters. The lowest BCUT2D eigenvalue weighted by molar-refractivity contribution is 0.112. The van der Waals surface area contributed by atoms with Crippen molar-refractivity contribution in [2.45, 2.75) is 32.6 Å². The van der Waals surface area contributed by atoms with E-state index < -0.39 is 0 Å². The van der Waals surface area contributed by atoms with Gasteiger partial charge in [-0.3, -0.25) is 4.79 Å². The molecular weight excluding hydrogens is 262 g/mol. The summed E-state index contributed by atoms with van der Waals surface area (Å²) in [6, 6.07) is 1.94. The molecule has 3 heterocycles. The van der Waals surface area contributed by atoms with Crippen LogP contribution >= 0.6 is 0 Å². The van der Waals surface area contributed by atoms with Crippen molar-refractivity contribution < 1.29 is 4.79 Å². The Bertz CT molecular complexity index is 489. The van der Waals surface area contributed by atoms with Gasteiger partial charge in [0.15, 0.2) is 6.29 Å². The molecule has 3 rings (SSSR count). The second-order valence-electron chi connectivity index (χ2n) is 6.47. The summed E-state index contributed by atoms with van der Waals surface area (Å²) < 4.78 is 0. The van der Waals surface area contributed by atoms with Crippen LogP contribution < -0.4 is 4.90 Å². The minimum Gasteiger partial charge on any atom is -0.356 e. The first-order chi connectivity index (χ1) is 10.3. The summed E-state index contributed by atoms with van der Waals surface area (Å²) in [7, 11) is 0. The molecule has 0 amide bonds. The van der Waals surface area contributed by atoms with Gasteiger partial charge in [0, 0.05) is 31.4 Å². The highest BCUT2D eigenvalue weighted by atomic mass is 16.1. The van der Waals surface area contributed by atoms with Crippen molar-refractivity contribution in [2.75, 3.05) is 37.6 Å². The predicted molar refractivity (Wildman–Crippen MR) is 85.0 cm³/mol. The summed E-state index contributed by atoms with van der Waals surface area (Å²) in [4.78, 5) is 20.3. The van der Waals surface area contributed by atoms with E-state index in [0.29, 0.717) is 5.56 Å². The van der Waals surface area contributed by atoms with E-state index in [2.05, 4.69) is 14.8 Å². The standard InChI is InChI=1S/C17H25N3O/c1-14-10-16(13-21)11-18-17(14)20-8-4-15(5-9-20)12-19-6-2-3-7-19/h10-11,13,15H,2-9,12H2,1H3. The second kappa shape index (κ2) is 6.56. The van der Waals surface area contributed by atoms with Gasteiger partial charge >= 0.3 is 0 Å². The van der Waals surface area contributed by atoms with Gasteiger partial charge in [-0.05, 0) is 63.2 Å². The Kier molecular flexibility index (Phi) is 4.54. The average molecular weight is 287 g/mol. The van der Waals surface area contributed by atoms with Gasteiger partial charge in [-0.1, -0.05) is 0 Å². The topological polar surface area (TPSA) is 36.4 Å². The number of anilines is 1. The van der Waals surface area contributed by atoms with Crippen LogP contribution in [0.2, 0.25) is 0 Å². The molecule has 2 saturated heterocycles. The summed E-state index contributed by atoms with van der Waals surface area (Å²) in [5.41, 5.74) is 1.78. The lowest BCUT2D eigenvalue weighted by Gasteiger charge is -2.35.